The Morgan fingerprint density at radius 2 is 2.10 bits per heavy atom. The summed E-state index contributed by atoms with van der Waals surface area (Å²) in [7, 11) is 1.41. The third-order valence-corrected chi connectivity index (χ3v) is 2.24. The molecule has 0 fully saturated rings. The zero-order valence-corrected chi connectivity index (χ0v) is 6.64. The second-order valence-corrected chi connectivity index (χ2v) is 3.40. The molecular weight excluding hydrogens is 152 g/mol. The highest BCUT2D eigenvalue weighted by atomic mass is 32.2. The summed E-state index contributed by atoms with van der Waals surface area (Å²) in [4.78, 5) is 0. The molecule has 0 radical (unpaired) electrons. The molecule has 0 aliphatic carbocycles. The van der Waals surface area contributed by atoms with E-state index < -0.39 is 10.3 Å². The third kappa shape index (κ3) is 1.05. The largest absolute Gasteiger partial charge is 0.332 e. The zero-order valence-electron chi connectivity index (χ0n) is 5.83. The number of nitrogens with one attached hydrogen (secondary N) is 1. The summed E-state index contributed by atoms with van der Waals surface area (Å²) in [6, 6.07) is 0. The molecule has 1 aliphatic rings. The summed E-state index contributed by atoms with van der Waals surface area (Å²) in [5.74, 6) is 0. The normalized spacial score (nSPS) is 20.8. The lowest BCUT2D eigenvalue weighted by atomic mass is 10.7. The van der Waals surface area contributed by atoms with Crippen molar-refractivity contribution in [1.82, 2.24) is 5.32 Å². The van der Waals surface area contributed by atoms with Crippen LogP contribution in [-0.4, -0.2) is 32.1 Å². The van der Waals surface area contributed by atoms with Gasteiger partial charge >= 0.3 is 5.11 Å². The number of nitrogens with zero attached hydrogens (tertiary/aromatic N) is 1. The third-order valence-electron chi connectivity index (χ3n) is 1.34. The molecule has 0 bridgehead atoms. The average molecular weight is 161 g/mol. The van der Waals surface area contributed by atoms with E-state index in [0.717, 1.165) is 0 Å². The first-order chi connectivity index (χ1) is 4.54. The summed E-state index contributed by atoms with van der Waals surface area (Å²) >= 11 is 0. The highest BCUT2D eigenvalue weighted by Crippen LogP contribution is 2.03. The monoisotopic (exact) mass is 161 g/mol. The van der Waals surface area contributed by atoms with Crippen LogP contribution in [0.25, 0.3) is 0 Å². The van der Waals surface area contributed by atoms with E-state index in [1.807, 2.05) is 0 Å². The minimum absolute atomic E-state index is 0.260. The molecule has 56 valence electrons. The first kappa shape index (κ1) is 7.30. The Bertz CT molecular complexity index is 292. The van der Waals surface area contributed by atoms with Gasteiger partial charge in [0.25, 0.3) is 10.3 Å². The molecule has 0 amide bonds. The molecule has 0 aromatic rings. The van der Waals surface area contributed by atoms with E-state index in [1.54, 1.807) is 26.5 Å². The fraction of sp³-hybridized carbons (Fsp3) is 0.400. The van der Waals surface area contributed by atoms with E-state index in [9.17, 15) is 8.42 Å². The minimum Gasteiger partial charge on any atom is -0.299 e. The Morgan fingerprint density at radius 1 is 1.50 bits per heavy atom. The lowest BCUT2D eigenvalue weighted by molar-refractivity contribution is -0.737. The molecule has 1 aliphatic heterocycles. The van der Waals surface area contributed by atoms with Crippen molar-refractivity contribution in [3.63, 3.8) is 0 Å². The van der Waals surface area contributed by atoms with Gasteiger partial charge in [-0.2, -0.15) is 8.42 Å². The van der Waals surface area contributed by atoms with Gasteiger partial charge in [-0.05, 0) is 0 Å². The van der Waals surface area contributed by atoms with Crippen LogP contribution in [0.15, 0.2) is 12.4 Å². The molecule has 1 rings (SSSR count). The second-order valence-electron chi connectivity index (χ2n) is 2.54. The van der Waals surface area contributed by atoms with Crippen molar-refractivity contribution in [2.75, 3.05) is 14.1 Å². The van der Waals surface area contributed by atoms with Gasteiger partial charge in [0.2, 0.25) is 0 Å². The van der Waals surface area contributed by atoms with Crippen LogP contribution in [-0.2, 0) is 10.3 Å². The smallest absolute Gasteiger partial charge is 0.299 e. The van der Waals surface area contributed by atoms with Crippen molar-refractivity contribution in [2.24, 2.45) is 0 Å². The molecule has 1 heterocycles. The molecule has 0 spiro atoms. The van der Waals surface area contributed by atoms with Gasteiger partial charge in [-0.25, -0.2) is 4.48 Å². The summed E-state index contributed by atoms with van der Waals surface area (Å²) in [5, 5.41) is 2.92. The highest BCUT2D eigenvalue weighted by molar-refractivity contribution is 7.72. The molecule has 0 unspecified atom stereocenters. The maximum absolute atomic E-state index is 10.5. The van der Waals surface area contributed by atoms with Gasteiger partial charge in [-0.15, -0.1) is 0 Å². The van der Waals surface area contributed by atoms with E-state index >= 15 is 0 Å². The van der Waals surface area contributed by atoms with Crippen LogP contribution in [0, 0.1) is 0 Å². The van der Waals surface area contributed by atoms with E-state index in [0.29, 0.717) is 0 Å². The summed E-state index contributed by atoms with van der Waals surface area (Å²) in [6.45, 7) is 0. The van der Waals surface area contributed by atoms with Gasteiger partial charge < -0.3 is 0 Å². The Labute approximate surface area is 60.9 Å². The van der Waals surface area contributed by atoms with E-state index in [1.165, 1.54) is 0 Å². The van der Waals surface area contributed by atoms with Crippen molar-refractivity contribution < 1.29 is 12.9 Å². The standard InChI is InChI=1S/C5H9N2O2S/c1-7(2)4-3-6-5(7)10(8)9/h3-4,6H,1-2H3/q+1. The molecule has 0 atom stereocenters. The molecule has 0 saturated carbocycles. The van der Waals surface area contributed by atoms with Crippen molar-refractivity contribution in [3.05, 3.63) is 12.4 Å². The van der Waals surface area contributed by atoms with Gasteiger partial charge in [0.15, 0.2) is 0 Å². The lowest BCUT2D eigenvalue weighted by Crippen LogP contribution is -2.42. The minimum atomic E-state index is -2.15. The molecule has 0 aromatic carbocycles. The van der Waals surface area contributed by atoms with Gasteiger partial charge in [-0.3, -0.25) is 5.32 Å². The lowest BCUT2D eigenvalue weighted by Gasteiger charge is -2.16. The van der Waals surface area contributed by atoms with Gasteiger partial charge in [-0.1, -0.05) is 0 Å². The van der Waals surface area contributed by atoms with Crippen molar-refractivity contribution in [3.8, 4) is 0 Å². The molecule has 10 heavy (non-hydrogen) atoms. The van der Waals surface area contributed by atoms with Gasteiger partial charge in [0.05, 0.1) is 20.3 Å². The maximum Gasteiger partial charge on any atom is 0.332 e. The van der Waals surface area contributed by atoms with Crippen molar-refractivity contribution in [2.45, 2.75) is 0 Å². The Hall–Kier alpha value is -0.810. The summed E-state index contributed by atoms with van der Waals surface area (Å²) in [5.41, 5.74) is 0. The Balaban J connectivity index is 3.21. The van der Waals surface area contributed by atoms with Crippen LogP contribution in [0.4, 0.5) is 0 Å². The van der Waals surface area contributed by atoms with Crippen LogP contribution in [0.2, 0.25) is 0 Å². The van der Waals surface area contributed by atoms with Crippen LogP contribution in [0.5, 0.6) is 0 Å². The number of hydrogen-bond donors (Lipinski definition) is 1. The fourth-order valence-electron chi connectivity index (χ4n) is 0.769. The van der Waals surface area contributed by atoms with Crippen LogP contribution in [0.3, 0.4) is 0 Å². The van der Waals surface area contributed by atoms with E-state index in [2.05, 4.69) is 5.32 Å². The van der Waals surface area contributed by atoms with E-state index in [4.69, 9.17) is 0 Å². The summed E-state index contributed by atoms with van der Waals surface area (Å²) < 4.78 is 21.2. The second kappa shape index (κ2) is 2.10. The van der Waals surface area contributed by atoms with Gasteiger partial charge in [0, 0.05) is 0 Å². The zero-order chi connectivity index (χ0) is 7.78. The molecule has 1 N–H and O–H groups in total. The van der Waals surface area contributed by atoms with Crippen LogP contribution < -0.4 is 5.32 Å². The number of quaternary nitrogens is 1. The van der Waals surface area contributed by atoms with Crippen molar-refractivity contribution >= 4 is 15.4 Å². The number of hydrogen-bond acceptors (Lipinski definition) is 2. The molecular formula is C5H9N2O2S+. The van der Waals surface area contributed by atoms with Crippen LogP contribution >= 0.6 is 0 Å². The fourth-order valence-corrected chi connectivity index (χ4v) is 1.38. The molecule has 4 nitrogen and oxygen atoms in total. The predicted octanol–water partition coefficient (Wildman–Crippen LogP) is -0.896. The first-order valence-electron chi connectivity index (χ1n) is 2.79. The van der Waals surface area contributed by atoms with E-state index in [-0.39, 0.29) is 9.60 Å². The van der Waals surface area contributed by atoms with Gasteiger partial charge in [0.1, 0.15) is 6.20 Å². The Morgan fingerprint density at radius 3 is 2.30 bits per heavy atom. The predicted molar refractivity (Wildman–Crippen MR) is 38.3 cm³/mol. The number of rotatable bonds is 0. The van der Waals surface area contributed by atoms with Crippen molar-refractivity contribution in [1.29, 1.82) is 0 Å². The molecule has 5 heteroatoms. The van der Waals surface area contributed by atoms with Crippen LogP contribution in [0.1, 0.15) is 0 Å². The average Bonchev–Trinajstić information content (AvgIpc) is 2.08. The quantitative estimate of drug-likeness (QED) is 0.370. The SMILES string of the molecule is C[N+]1(C)C=CNC1=S(=O)=O. The molecule has 0 saturated heterocycles. The molecule has 0 aromatic heterocycles. The highest BCUT2D eigenvalue weighted by Gasteiger charge is 2.26. The topological polar surface area (TPSA) is 46.2 Å². The first-order valence-corrected chi connectivity index (χ1v) is 3.86. The Kier molecular flexibility index (Phi) is 1.53. The maximum atomic E-state index is 10.5. The summed E-state index contributed by atoms with van der Waals surface area (Å²) in [6.07, 6.45) is 3.37.